The lowest BCUT2D eigenvalue weighted by atomic mass is 10.0. The highest BCUT2D eigenvalue weighted by atomic mass is 35.5. The first kappa shape index (κ1) is 18.9. The van der Waals surface area contributed by atoms with Crippen molar-refractivity contribution >= 4 is 28.4 Å². The van der Waals surface area contributed by atoms with E-state index in [1.54, 1.807) is 24.3 Å². The maximum atomic E-state index is 12.9. The van der Waals surface area contributed by atoms with Crippen molar-refractivity contribution in [1.82, 2.24) is 4.98 Å². The van der Waals surface area contributed by atoms with Crippen LogP contribution in [0.25, 0.3) is 33.7 Å². The van der Waals surface area contributed by atoms with Crippen molar-refractivity contribution in [3.63, 3.8) is 0 Å². The summed E-state index contributed by atoms with van der Waals surface area (Å²) in [4.78, 5) is 14.5. The standard InChI is InChI=1S/C20H10ClF3N2O3/c21-16-10-14(26(27)28)5-6-15(16)11-2-1-3-12(8-11)19-25-17-9-13(20(22,23)24)4-7-18(17)29-19/h1-10H. The Morgan fingerprint density at radius 1 is 1.00 bits per heavy atom. The molecule has 9 heteroatoms. The topological polar surface area (TPSA) is 69.2 Å². The average Bonchev–Trinajstić information content (AvgIpc) is 3.10. The fourth-order valence-electron chi connectivity index (χ4n) is 2.90. The largest absolute Gasteiger partial charge is 0.436 e. The minimum atomic E-state index is -4.47. The van der Waals surface area contributed by atoms with Gasteiger partial charge >= 0.3 is 6.18 Å². The average molecular weight is 419 g/mol. The van der Waals surface area contributed by atoms with Gasteiger partial charge in [0.1, 0.15) is 5.52 Å². The second-order valence-electron chi connectivity index (χ2n) is 6.20. The summed E-state index contributed by atoms with van der Waals surface area (Å²) in [6, 6.07) is 14.1. The van der Waals surface area contributed by atoms with Gasteiger partial charge < -0.3 is 4.42 Å². The first-order chi connectivity index (χ1) is 13.7. The van der Waals surface area contributed by atoms with Gasteiger partial charge in [0, 0.05) is 23.3 Å². The summed E-state index contributed by atoms with van der Waals surface area (Å²) in [7, 11) is 0. The summed E-state index contributed by atoms with van der Waals surface area (Å²) in [5, 5.41) is 11.1. The Balaban J connectivity index is 1.75. The Labute approximate surface area is 166 Å². The third-order valence-electron chi connectivity index (χ3n) is 4.30. The van der Waals surface area contributed by atoms with Crippen LogP contribution >= 0.6 is 11.6 Å². The van der Waals surface area contributed by atoms with E-state index in [1.165, 1.54) is 24.3 Å². The highest BCUT2D eigenvalue weighted by Gasteiger charge is 2.31. The van der Waals surface area contributed by atoms with Crippen molar-refractivity contribution in [3.05, 3.63) is 81.4 Å². The summed E-state index contributed by atoms with van der Waals surface area (Å²) in [6.07, 6.45) is -4.47. The lowest BCUT2D eigenvalue weighted by Crippen LogP contribution is -2.03. The second-order valence-corrected chi connectivity index (χ2v) is 6.61. The number of hydrogen-bond donors (Lipinski definition) is 0. The molecule has 4 aromatic rings. The van der Waals surface area contributed by atoms with Crippen LogP contribution in [-0.4, -0.2) is 9.91 Å². The maximum absolute atomic E-state index is 12.9. The van der Waals surface area contributed by atoms with Crippen molar-refractivity contribution in [2.24, 2.45) is 0 Å². The lowest BCUT2D eigenvalue weighted by Gasteiger charge is -2.06. The van der Waals surface area contributed by atoms with E-state index in [-0.39, 0.29) is 27.7 Å². The third kappa shape index (κ3) is 3.66. The van der Waals surface area contributed by atoms with Gasteiger partial charge in [0.25, 0.3) is 5.69 Å². The van der Waals surface area contributed by atoms with Crippen LogP contribution in [0, 0.1) is 10.1 Å². The second kappa shape index (κ2) is 6.89. The fourth-order valence-corrected chi connectivity index (χ4v) is 3.18. The lowest BCUT2D eigenvalue weighted by molar-refractivity contribution is -0.384. The SMILES string of the molecule is O=[N+]([O-])c1ccc(-c2cccc(-c3nc4cc(C(F)(F)F)ccc4o3)c2)c(Cl)c1. The molecule has 0 unspecified atom stereocenters. The van der Waals surface area contributed by atoms with Gasteiger partial charge in [-0.25, -0.2) is 4.98 Å². The molecule has 0 N–H and O–H groups in total. The van der Waals surface area contributed by atoms with Gasteiger partial charge in [-0.05, 0) is 42.0 Å². The van der Waals surface area contributed by atoms with E-state index in [0.29, 0.717) is 16.7 Å². The molecule has 0 bridgehead atoms. The van der Waals surface area contributed by atoms with Crippen LogP contribution in [0.4, 0.5) is 18.9 Å². The van der Waals surface area contributed by atoms with Crippen LogP contribution in [0.15, 0.2) is 65.1 Å². The van der Waals surface area contributed by atoms with Gasteiger partial charge in [-0.3, -0.25) is 10.1 Å². The van der Waals surface area contributed by atoms with E-state index >= 15 is 0 Å². The van der Waals surface area contributed by atoms with Crippen molar-refractivity contribution < 1.29 is 22.5 Å². The molecule has 0 amide bonds. The number of alkyl halides is 3. The number of hydrogen-bond acceptors (Lipinski definition) is 4. The molecule has 146 valence electrons. The van der Waals surface area contributed by atoms with Gasteiger partial charge in [0.05, 0.1) is 15.5 Å². The van der Waals surface area contributed by atoms with Crippen LogP contribution in [0.5, 0.6) is 0 Å². The Kier molecular flexibility index (Phi) is 4.50. The molecule has 1 aromatic heterocycles. The van der Waals surface area contributed by atoms with E-state index in [2.05, 4.69) is 4.98 Å². The van der Waals surface area contributed by atoms with Crippen LogP contribution in [0.3, 0.4) is 0 Å². The van der Waals surface area contributed by atoms with Gasteiger partial charge in [-0.15, -0.1) is 0 Å². The fraction of sp³-hybridized carbons (Fsp3) is 0.0500. The molecule has 0 saturated heterocycles. The monoisotopic (exact) mass is 418 g/mol. The van der Waals surface area contributed by atoms with Crippen molar-refractivity contribution in [1.29, 1.82) is 0 Å². The molecule has 5 nitrogen and oxygen atoms in total. The molecule has 0 spiro atoms. The van der Waals surface area contributed by atoms with Crippen molar-refractivity contribution in [3.8, 4) is 22.6 Å². The highest BCUT2D eigenvalue weighted by Crippen LogP contribution is 2.35. The summed E-state index contributed by atoms with van der Waals surface area (Å²) >= 11 is 6.18. The zero-order chi connectivity index (χ0) is 20.8. The molecule has 3 aromatic carbocycles. The molecule has 1 heterocycles. The molecule has 0 aliphatic carbocycles. The van der Waals surface area contributed by atoms with Crippen LogP contribution in [-0.2, 0) is 6.18 Å². The van der Waals surface area contributed by atoms with Crippen molar-refractivity contribution in [2.45, 2.75) is 6.18 Å². The maximum Gasteiger partial charge on any atom is 0.416 e. The van der Waals surface area contributed by atoms with Crippen LogP contribution < -0.4 is 0 Å². The Morgan fingerprint density at radius 2 is 1.76 bits per heavy atom. The van der Waals surface area contributed by atoms with E-state index in [9.17, 15) is 23.3 Å². The van der Waals surface area contributed by atoms with E-state index in [0.717, 1.165) is 12.1 Å². The number of fused-ring (bicyclic) bond motifs is 1. The number of oxazole rings is 1. The number of aromatic nitrogens is 1. The number of benzene rings is 3. The molecule has 0 aliphatic heterocycles. The molecular formula is C20H10ClF3N2O3. The zero-order valence-corrected chi connectivity index (χ0v) is 15.2. The molecule has 0 atom stereocenters. The number of non-ortho nitro benzene ring substituents is 1. The molecular weight excluding hydrogens is 409 g/mol. The molecule has 0 fully saturated rings. The Bertz CT molecular complexity index is 1250. The minimum Gasteiger partial charge on any atom is -0.436 e. The van der Waals surface area contributed by atoms with Crippen LogP contribution in [0.1, 0.15) is 5.56 Å². The van der Waals surface area contributed by atoms with Gasteiger partial charge in [-0.1, -0.05) is 23.7 Å². The predicted octanol–water partition coefficient (Wildman–Crippen LogP) is 6.74. The molecule has 0 aliphatic rings. The summed E-state index contributed by atoms with van der Waals surface area (Å²) in [5.41, 5.74) is 1.13. The van der Waals surface area contributed by atoms with Gasteiger partial charge in [0.15, 0.2) is 5.58 Å². The molecule has 0 saturated carbocycles. The predicted molar refractivity (Wildman–Crippen MR) is 102 cm³/mol. The van der Waals surface area contributed by atoms with E-state index in [4.69, 9.17) is 16.0 Å². The first-order valence-electron chi connectivity index (χ1n) is 8.25. The Morgan fingerprint density at radius 3 is 2.45 bits per heavy atom. The van der Waals surface area contributed by atoms with Gasteiger partial charge in [-0.2, -0.15) is 13.2 Å². The number of rotatable bonds is 3. The van der Waals surface area contributed by atoms with Gasteiger partial charge in [0.2, 0.25) is 5.89 Å². The summed E-state index contributed by atoms with van der Waals surface area (Å²) in [6.45, 7) is 0. The molecule has 0 radical (unpaired) electrons. The molecule has 29 heavy (non-hydrogen) atoms. The zero-order valence-electron chi connectivity index (χ0n) is 14.4. The highest BCUT2D eigenvalue weighted by molar-refractivity contribution is 6.33. The van der Waals surface area contributed by atoms with E-state index < -0.39 is 16.7 Å². The molecule has 4 rings (SSSR count). The number of nitrogens with zero attached hydrogens (tertiary/aromatic N) is 2. The number of nitro benzene ring substituents is 1. The quantitative estimate of drug-likeness (QED) is 0.273. The first-order valence-corrected chi connectivity index (χ1v) is 8.63. The normalized spacial score (nSPS) is 11.7. The minimum absolute atomic E-state index is 0.0913. The van der Waals surface area contributed by atoms with E-state index in [1.807, 2.05) is 0 Å². The third-order valence-corrected chi connectivity index (χ3v) is 4.61. The smallest absolute Gasteiger partial charge is 0.416 e. The van der Waals surface area contributed by atoms with Crippen LogP contribution in [0.2, 0.25) is 5.02 Å². The number of halogens is 4. The summed E-state index contributed by atoms with van der Waals surface area (Å²) in [5.74, 6) is 0.152. The van der Waals surface area contributed by atoms with Crippen molar-refractivity contribution in [2.75, 3.05) is 0 Å². The number of nitro groups is 1. The summed E-state index contributed by atoms with van der Waals surface area (Å²) < 4.78 is 44.3. The Hall–Kier alpha value is -3.39.